The molecule has 0 spiro atoms. The van der Waals surface area contributed by atoms with Crippen LogP contribution < -0.4 is 9.64 Å². The van der Waals surface area contributed by atoms with E-state index >= 15 is 0 Å². The van der Waals surface area contributed by atoms with Crippen LogP contribution in [0.4, 0.5) is 5.69 Å². The Hall–Kier alpha value is -3.74. The summed E-state index contributed by atoms with van der Waals surface area (Å²) in [4.78, 5) is 4.64. The highest BCUT2D eigenvalue weighted by Crippen LogP contribution is 2.39. The van der Waals surface area contributed by atoms with E-state index < -0.39 is 5.60 Å². The molecule has 1 aromatic heterocycles. The molecule has 0 aliphatic carbocycles. The van der Waals surface area contributed by atoms with Crippen LogP contribution in [0.2, 0.25) is 0 Å². The van der Waals surface area contributed by atoms with E-state index in [1.54, 1.807) is 18.4 Å². The quantitative estimate of drug-likeness (QED) is 0.259. The third kappa shape index (κ3) is 7.18. The van der Waals surface area contributed by atoms with Crippen LogP contribution in [0.5, 0.6) is 5.75 Å². The summed E-state index contributed by atoms with van der Waals surface area (Å²) in [6, 6.07) is 14.8. The molecule has 0 bridgehead atoms. The summed E-state index contributed by atoms with van der Waals surface area (Å²) >= 11 is 1.66. The number of hydrogen-bond donors (Lipinski definition) is 0. The van der Waals surface area contributed by atoms with Crippen LogP contribution in [0.1, 0.15) is 68.7 Å². The second-order valence-electron chi connectivity index (χ2n) is 9.68. The second-order valence-corrected chi connectivity index (χ2v) is 10.8. The Morgan fingerprint density at radius 1 is 0.974 bits per heavy atom. The van der Waals surface area contributed by atoms with Gasteiger partial charge in [-0.2, -0.15) is 10.5 Å². The van der Waals surface area contributed by atoms with Crippen LogP contribution in [-0.2, 0) is 4.74 Å². The monoisotopic (exact) mass is 527 g/mol. The third-order valence-electron chi connectivity index (χ3n) is 6.47. The first kappa shape index (κ1) is 28.8. The van der Waals surface area contributed by atoms with Crippen LogP contribution in [0.3, 0.4) is 0 Å². The molecule has 6 heteroatoms. The first-order chi connectivity index (χ1) is 18.4. The number of anilines is 1. The zero-order valence-corrected chi connectivity index (χ0v) is 23.9. The predicted octanol–water partition coefficient (Wildman–Crippen LogP) is 8.38. The number of allylic oxidation sites excluding steroid dienone is 2. The molecule has 2 aromatic rings. The summed E-state index contributed by atoms with van der Waals surface area (Å²) in [5, 5.41) is 18.6. The van der Waals surface area contributed by atoms with Gasteiger partial charge in [0.15, 0.2) is 0 Å². The molecule has 0 saturated carbocycles. The van der Waals surface area contributed by atoms with E-state index in [1.807, 2.05) is 32.1 Å². The van der Waals surface area contributed by atoms with Crippen molar-refractivity contribution in [3.05, 3.63) is 74.7 Å². The fourth-order valence-electron chi connectivity index (χ4n) is 4.36. The van der Waals surface area contributed by atoms with Crippen LogP contribution in [0.25, 0.3) is 18.2 Å². The lowest BCUT2D eigenvalue weighted by molar-refractivity contribution is 0.0964. The van der Waals surface area contributed by atoms with Gasteiger partial charge in [0.2, 0.25) is 0 Å². The fraction of sp³-hybridized carbons (Fsp3) is 0.375. The minimum atomic E-state index is -0.671. The van der Waals surface area contributed by atoms with Gasteiger partial charge in [-0.15, -0.1) is 11.3 Å². The van der Waals surface area contributed by atoms with E-state index in [0.29, 0.717) is 11.3 Å². The maximum absolute atomic E-state index is 9.62. The molecular weight excluding hydrogens is 490 g/mol. The molecule has 2 heterocycles. The lowest BCUT2D eigenvalue weighted by Crippen LogP contribution is -2.25. The van der Waals surface area contributed by atoms with Gasteiger partial charge in [0.05, 0.1) is 19.3 Å². The lowest BCUT2D eigenvalue weighted by atomic mass is 9.95. The maximum atomic E-state index is 9.62. The lowest BCUT2D eigenvalue weighted by Gasteiger charge is -2.25. The van der Waals surface area contributed by atoms with Crippen molar-refractivity contribution in [3.63, 3.8) is 0 Å². The number of rotatable bonds is 12. The predicted molar refractivity (Wildman–Crippen MR) is 159 cm³/mol. The molecule has 0 fully saturated rings. The van der Waals surface area contributed by atoms with Crippen molar-refractivity contribution >= 4 is 35.3 Å². The molecular formula is C32H37N3O2S. The molecule has 3 rings (SSSR count). The van der Waals surface area contributed by atoms with Gasteiger partial charge in [-0.1, -0.05) is 32.8 Å². The number of thiophene rings is 1. The highest BCUT2D eigenvalue weighted by Gasteiger charge is 2.36. The Labute approximate surface area is 231 Å². The van der Waals surface area contributed by atoms with E-state index in [-0.39, 0.29) is 0 Å². The van der Waals surface area contributed by atoms with Crippen molar-refractivity contribution in [1.82, 2.24) is 0 Å². The molecule has 0 unspecified atom stereocenters. The minimum absolute atomic E-state index is 0.327. The molecule has 1 aliphatic rings. The summed E-state index contributed by atoms with van der Waals surface area (Å²) in [6.07, 6.45) is 14.1. The molecule has 0 N–H and O–H groups in total. The molecule has 0 radical (unpaired) electrons. The normalized spacial score (nSPS) is 15.7. The van der Waals surface area contributed by atoms with Crippen LogP contribution in [-0.4, -0.2) is 25.8 Å². The number of unbranched alkanes of at least 4 members (excludes halogenated alkanes) is 2. The minimum Gasteiger partial charge on any atom is -0.496 e. The molecule has 0 saturated heterocycles. The Bertz CT molecular complexity index is 1310. The second kappa shape index (κ2) is 13.7. The first-order valence-corrected chi connectivity index (χ1v) is 14.0. The standard InChI is InChI=1S/C32H37N3O2S/c1-6-8-20-35(21-9-7-2)25-12-10-24(31(22-25)36-5)11-13-26-14-15-27(38-26)16-17-29-28(23-34)30(18-19-33)37-32(29,3)4/h10-18,22H,6-9,20-21H2,1-5H3/b13-11+,17-16+,30-18+. The van der Waals surface area contributed by atoms with Crippen molar-refractivity contribution in [2.75, 3.05) is 25.1 Å². The van der Waals surface area contributed by atoms with Crippen LogP contribution in [0, 0.1) is 22.7 Å². The number of nitrogens with zero attached hydrogens (tertiary/aromatic N) is 3. The molecule has 1 aromatic carbocycles. The molecule has 0 atom stereocenters. The SMILES string of the molecule is CCCCN(CCCC)c1ccc(/C=C/c2ccc(/C=C/C3=C(C#N)C(=C\C#N)/OC3(C)C)s2)c(OC)c1. The molecule has 198 valence electrons. The van der Waals surface area contributed by atoms with Crippen molar-refractivity contribution in [1.29, 1.82) is 10.5 Å². The van der Waals surface area contributed by atoms with E-state index in [2.05, 4.69) is 67.3 Å². The Balaban J connectivity index is 1.78. The van der Waals surface area contributed by atoms with E-state index in [0.717, 1.165) is 39.7 Å². The van der Waals surface area contributed by atoms with E-state index in [4.69, 9.17) is 14.7 Å². The van der Waals surface area contributed by atoms with Crippen LogP contribution >= 0.6 is 11.3 Å². The first-order valence-electron chi connectivity index (χ1n) is 13.2. The van der Waals surface area contributed by atoms with Crippen LogP contribution in [0.15, 0.2) is 59.4 Å². The third-order valence-corrected chi connectivity index (χ3v) is 7.49. The van der Waals surface area contributed by atoms with E-state index in [9.17, 15) is 5.26 Å². The highest BCUT2D eigenvalue weighted by molar-refractivity contribution is 7.13. The van der Waals surface area contributed by atoms with Gasteiger partial charge in [-0.3, -0.25) is 0 Å². The maximum Gasteiger partial charge on any atom is 0.149 e. The van der Waals surface area contributed by atoms with Gasteiger partial charge in [0.25, 0.3) is 0 Å². The van der Waals surface area contributed by atoms with Gasteiger partial charge in [-0.05, 0) is 69.2 Å². The fourth-order valence-corrected chi connectivity index (χ4v) is 5.18. The molecule has 38 heavy (non-hydrogen) atoms. The average molecular weight is 528 g/mol. The van der Waals surface area contributed by atoms with Gasteiger partial charge in [0.1, 0.15) is 28.8 Å². The van der Waals surface area contributed by atoms with E-state index in [1.165, 1.54) is 37.4 Å². The summed E-state index contributed by atoms with van der Waals surface area (Å²) in [7, 11) is 1.72. The molecule has 1 aliphatic heterocycles. The number of hydrogen-bond acceptors (Lipinski definition) is 6. The number of methoxy groups -OCH3 is 1. The molecule has 0 amide bonds. The number of nitriles is 2. The zero-order valence-electron chi connectivity index (χ0n) is 23.1. The van der Waals surface area contributed by atoms with Gasteiger partial charge in [0, 0.05) is 45.7 Å². The highest BCUT2D eigenvalue weighted by atomic mass is 32.1. The van der Waals surface area contributed by atoms with Crippen molar-refractivity contribution in [2.24, 2.45) is 0 Å². The smallest absolute Gasteiger partial charge is 0.149 e. The zero-order chi connectivity index (χ0) is 27.5. The van der Waals surface area contributed by atoms with Crippen molar-refractivity contribution < 1.29 is 9.47 Å². The summed E-state index contributed by atoms with van der Waals surface area (Å²) in [5.74, 6) is 1.20. The number of ether oxygens (including phenoxy) is 2. The summed E-state index contributed by atoms with van der Waals surface area (Å²) in [6.45, 7) is 10.4. The number of benzene rings is 1. The van der Waals surface area contributed by atoms with Crippen molar-refractivity contribution in [2.45, 2.75) is 59.0 Å². The van der Waals surface area contributed by atoms with Crippen molar-refractivity contribution in [3.8, 4) is 17.9 Å². The Morgan fingerprint density at radius 2 is 1.63 bits per heavy atom. The summed E-state index contributed by atoms with van der Waals surface area (Å²) in [5.41, 5.74) is 2.75. The summed E-state index contributed by atoms with van der Waals surface area (Å²) < 4.78 is 11.6. The van der Waals surface area contributed by atoms with Gasteiger partial charge in [-0.25, -0.2) is 0 Å². The average Bonchev–Trinajstić information content (AvgIpc) is 3.46. The Kier molecular flexibility index (Phi) is 10.4. The topological polar surface area (TPSA) is 69.3 Å². The Morgan fingerprint density at radius 3 is 2.21 bits per heavy atom. The largest absolute Gasteiger partial charge is 0.496 e. The molecule has 5 nitrogen and oxygen atoms in total. The van der Waals surface area contributed by atoms with Gasteiger partial charge < -0.3 is 14.4 Å². The van der Waals surface area contributed by atoms with Gasteiger partial charge >= 0.3 is 0 Å².